The van der Waals surface area contributed by atoms with Gasteiger partial charge in [0.05, 0.1) is 10.0 Å². The highest BCUT2D eigenvalue weighted by Gasteiger charge is 2.13. The van der Waals surface area contributed by atoms with Gasteiger partial charge in [0.1, 0.15) is 11.5 Å². The molecule has 0 aromatic heterocycles. The van der Waals surface area contributed by atoms with Crippen LogP contribution in [0.4, 0.5) is 5.69 Å². The molecule has 3 aromatic rings. The average molecular weight is 334 g/mol. The summed E-state index contributed by atoms with van der Waals surface area (Å²) in [6.07, 6.45) is 0. The van der Waals surface area contributed by atoms with Crippen LogP contribution in [0.2, 0.25) is 10.0 Å². The number of nitrogens with one attached hydrogen (secondary N) is 1. The van der Waals surface area contributed by atoms with Gasteiger partial charge in [0, 0.05) is 23.5 Å². The number of hydrogen-bond acceptors (Lipinski definition) is 3. The fraction of sp³-hybridized carbons (Fsp3) is 0.0588. The molecule has 0 aliphatic heterocycles. The zero-order valence-electron chi connectivity index (χ0n) is 11.7. The molecule has 3 nitrogen and oxygen atoms in total. The second-order valence-corrected chi connectivity index (χ2v) is 5.56. The molecule has 0 bridgehead atoms. The number of rotatable bonds is 3. The van der Waals surface area contributed by atoms with Crippen molar-refractivity contribution in [2.24, 2.45) is 0 Å². The lowest BCUT2D eigenvalue weighted by Crippen LogP contribution is -1.92. The minimum atomic E-state index is 0.200. The molecule has 0 aliphatic carbocycles. The number of halogens is 2. The second kappa shape index (κ2) is 5.95. The normalized spacial score (nSPS) is 10.7. The summed E-state index contributed by atoms with van der Waals surface area (Å²) in [5, 5.41) is 15.2. The molecule has 0 spiro atoms. The van der Waals surface area contributed by atoms with Crippen LogP contribution in [0.5, 0.6) is 17.2 Å². The van der Waals surface area contributed by atoms with Gasteiger partial charge < -0.3 is 15.2 Å². The fourth-order valence-corrected chi connectivity index (χ4v) is 2.82. The maximum atomic E-state index is 9.92. The van der Waals surface area contributed by atoms with E-state index in [0.717, 1.165) is 11.1 Å². The van der Waals surface area contributed by atoms with Crippen LogP contribution in [0.3, 0.4) is 0 Å². The van der Waals surface area contributed by atoms with Gasteiger partial charge in [-0.05, 0) is 24.3 Å². The van der Waals surface area contributed by atoms with Crippen LogP contribution < -0.4 is 10.1 Å². The molecule has 22 heavy (non-hydrogen) atoms. The third-order valence-corrected chi connectivity index (χ3v) is 3.92. The monoisotopic (exact) mass is 333 g/mol. The highest BCUT2D eigenvalue weighted by atomic mass is 35.5. The molecule has 0 aliphatic rings. The summed E-state index contributed by atoms with van der Waals surface area (Å²) in [6.45, 7) is 0. The van der Waals surface area contributed by atoms with Crippen LogP contribution in [0.1, 0.15) is 0 Å². The highest BCUT2D eigenvalue weighted by Crippen LogP contribution is 2.41. The van der Waals surface area contributed by atoms with Crippen molar-refractivity contribution in [2.75, 3.05) is 12.4 Å². The van der Waals surface area contributed by atoms with Gasteiger partial charge in [-0.3, -0.25) is 0 Å². The Hall–Kier alpha value is -2.10. The topological polar surface area (TPSA) is 41.5 Å². The van der Waals surface area contributed by atoms with Gasteiger partial charge in [0.15, 0.2) is 5.75 Å². The molecule has 0 amide bonds. The van der Waals surface area contributed by atoms with Crippen molar-refractivity contribution in [1.29, 1.82) is 0 Å². The molecule has 0 saturated heterocycles. The van der Waals surface area contributed by atoms with E-state index in [-0.39, 0.29) is 5.75 Å². The quantitative estimate of drug-likeness (QED) is 0.647. The average Bonchev–Trinajstić information content (AvgIpc) is 2.53. The van der Waals surface area contributed by atoms with Crippen molar-refractivity contribution >= 4 is 39.7 Å². The van der Waals surface area contributed by atoms with Crippen LogP contribution in [-0.4, -0.2) is 12.2 Å². The maximum Gasteiger partial charge on any atom is 0.164 e. The van der Waals surface area contributed by atoms with Crippen molar-refractivity contribution in [3.8, 4) is 17.2 Å². The Morgan fingerprint density at radius 3 is 2.23 bits per heavy atom. The lowest BCUT2D eigenvalue weighted by molar-refractivity contribution is 0.473. The first-order chi connectivity index (χ1) is 10.6. The van der Waals surface area contributed by atoms with E-state index in [1.807, 2.05) is 24.3 Å². The van der Waals surface area contributed by atoms with Gasteiger partial charge in [-0.1, -0.05) is 47.5 Å². The van der Waals surface area contributed by atoms with Gasteiger partial charge >= 0.3 is 0 Å². The minimum absolute atomic E-state index is 0.200. The van der Waals surface area contributed by atoms with Crippen LogP contribution >= 0.6 is 23.2 Å². The Kier molecular flexibility index (Phi) is 4.01. The third kappa shape index (κ3) is 2.65. The third-order valence-electron chi connectivity index (χ3n) is 3.36. The molecule has 0 fully saturated rings. The SMILES string of the molecule is CNc1cc(Cl)c(Oc2ccc(O)c3ccccc23)c(Cl)c1. The maximum absolute atomic E-state index is 9.92. The summed E-state index contributed by atoms with van der Waals surface area (Å²) >= 11 is 12.5. The van der Waals surface area contributed by atoms with E-state index >= 15 is 0 Å². The molecule has 0 atom stereocenters. The van der Waals surface area contributed by atoms with E-state index in [0.29, 0.717) is 26.9 Å². The Morgan fingerprint density at radius 1 is 0.955 bits per heavy atom. The zero-order valence-corrected chi connectivity index (χ0v) is 13.2. The van der Waals surface area contributed by atoms with E-state index < -0.39 is 0 Å². The van der Waals surface area contributed by atoms with Crippen LogP contribution in [0.25, 0.3) is 10.8 Å². The molecular weight excluding hydrogens is 321 g/mol. The Bertz CT molecular complexity index is 826. The molecule has 0 unspecified atom stereocenters. The molecule has 0 heterocycles. The van der Waals surface area contributed by atoms with E-state index in [1.165, 1.54) is 0 Å². The number of ether oxygens (including phenoxy) is 1. The first kappa shape index (κ1) is 14.8. The van der Waals surface area contributed by atoms with Crippen molar-refractivity contribution < 1.29 is 9.84 Å². The molecular formula is C17H13Cl2NO2. The number of hydrogen-bond donors (Lipinski definition) is 2. The first-order valence-electron chi connectivity index (χ1n) is 6.65. The van der Waals surface area contributed by atoms with Crippen molar-refractivity contribution in [2.45, 2.75) is 0 Å². The molecule has 5 heteroatoms. The van der Waals surface area contributed by atoms with Crippen LogP contribution in [0, 0.1) is 0 Å². The van der Waals surface area contributed by atoms with Crippen molar-refractivity contribution in [1.82, 2.24) is 0 Å². The van der Waals surface area contributed by atoms with Crippen molar-refractivity contribution in [3.63, 3.8) is 0 Å². The number of anilines is 1. The lowest BCUT2D eigenvalue weighted by Gasteiger charge is -2.13. The smallest absolute Gasteiger partial charge is 0.164 e. The largest absolute Gasteiger partial charge is 0.507 e. The van der Waals surface area contributed by atoms with E-state index in [9.17, 15) is 5.11 Å². The van der Waals surface area contributed by atoms with E-state index in [4.69, 9.17) is 27.9 Å². The zero-order chi connectivity index (χ0) is 15.7. The Morgan fingerprint density at radius 2 is 1.59 bits per heavy atom. The summed E-state index contributed by atoms with van der Waals surface area (Å²) in [5.74, 6) is 1.17. The number of aromatic hydroxyl groups is 1. The van der Waals surface area contributed by atoms with Gasteiger partial charge in [0.2, 0.25) is 0 Å². The summed E-state index contributed by atoms with van der Waals surface area (Å²) in [6, 6.07) is 14.2. The van der Waals surface area contributed by atoms with Gasteiger partial charge in [0.25, 0.3) is 0 Å². The van der Waals surface area contributed by atoms with Crippen molar-refractivity contribution in [3.05, 3.63) is 58.6 Å². The minimum Gasteiger partial charge on any atom is -0.507 e. The van der Waals surface area contributed by atoms with Crippen LogP contribution in [0.15, 0.2) is 48.5 Å². The number of fused-ring (bicyclic) bond motifs is 1. The molecule has 0 radical (unpaired) electrons. The van der Waals surface area contributed by atoms with Gasteiger partial charge in [-0.2, -0.15) is 0 Å². The molecule has 112 valence electrons. The molecule has 2 N–H and O–H groups in total. The predicted octanol–water partition coefficient (Wildman–Crippen LogP) is 5.69. The lowest BCUT2D eigenvalue weighted by atomic mass is 10.1. The fourth-order valence-electron chi connectivity index (χ4n) is 2.26. The summed E-state index contributed by atoms with van der Waals surface area (Å²) in [4.78, 5) is 0. The Balaban J connectivity index is 2.10. The van der Waals surface area contributed by atoms with E-state index in [1.54, 1.807) is 31.3 Å². The standard InChI is InChI=1S/C17H13Cl2NO2/c1-20-10-8-13(18)17(14(19)9-10)22-16-7-6-15(21)11-4-2-3-5-12(11)16/h2-9,20-21H,1H3. The van der Waals surface area contributed by atoms with E-state index in [2.05, 4.69) is 5.32 Å². The predicted molar refractivity (Wildman–Crippen MR) is 91.7 cm³/mol. The van der Waals surface area contributed by atoms with Crippen LogP contribution in [-0.2, 0) is 0 Å². The van der Waals surface area contributed by atoms with Gasteiger partial charge in [-0.15, -0.1) is 0 Å². The van der Waals surface area contributed by atoms with Gasteiger partial charge in [-0.25, -0.2) is 0 Å². The second-order valence-electron chi connectivity index (χ2n) is 4.75. The Labute approximate surface area is 138 Å². The number of benzene rings is 3. The first-order valence-corrected chi connectivity index (χ1v) is 7.41. The number of phenols is 1. The molecule has 3 aromatic carbocycles. The highest BCUT2D eigenvalue weighted by molar-refractivity contribution is 6.37. The summed E-state index contributed by atoms with van der Waals surface area (Å²) in [5.41, 5.74) is 0.804. The summed E-state index contributed by atoms with van der Waals surface area (Å²) in [7, 11) is 1.79. The summed E-state index contributed by atoms with van der Waals surface area (Å²) < 4.78 is 5.90. The molecule has 3 rings (SSSR count). The number of phenolic OH excluding ortho intramolecular Hbond substituents is 1. The molecule has 0 saturated carbocycles.